The second-order valence-electron chi connectivity index (χ2n) is 4.17. The molecule has 0 heterocycles. The molecule has 19 heavy (non-hydrogen) atoms. The molecule has 1 nitrogen and oxygen atoms in total. The van der Waals surface area contributed by atoms with Gasteiger partial charge in [0.05, 0.1) is 17.0 Å². The number of methoxy groups -OCH3 is 1. The number of alkyl halides is 1. The quantitative estimate of drug-likeness (QED) is 0.700. The van der Waals surface area contributed by atoms with Crippen LogP contribution in [-0.4, -0.2) is 7.11 Å². The van der Waals surface area contributed by atoms with E-state index in [1.165, 1.54) is 6.07 Å². The van der Waals surface area contributed by atoms with Gasteiger partial charge in [-0.1, -0.05) is 24.3 Å². The maximum atomic E-state index is 13.5. The summed E-state index contributed by atoms with van der Waals surface area (Å²) in [7, 11) is 1.63. The minimum absolute atomic E-state index is 0.294. The number of hydrogen-bond donors (Lipinski definition) is 0. The monoisotopic (exact) mass is 342 g/mol. The van der Waals surface area contributed by atoms with Crippen LogP contribution in [0.4, 0.5) is 4.39 Å². The van der Waals surface area contributed by atoms with Crippen molar-refractivity contribution in [2.24, 2.45) is 0 Å². The molecule has 0 aromatic heterocycles. The molecule has 2 rings (SSSR count). The summed E-state index contributed by atoms with van der Waals surface area (Å²) in [5.74, 6) is 0.494. The van der Waals surface area contributed by atoms with Gasteiger partial charge in [0.25, 0.3) is 0 Å². The van der Waals surface area contributed by atoms with Gasteiger partial charge in [0.1, 0.15) is 11.6 Å². The van der Waals surface area contributed by atoms with Crippen molar-refractivity contribution in [3.8, 4) is 5.75 Å². The van der Waals surface area contributed by atoms with Crippen molar-refractivity contribution in [3.63, 3.8) is 0 Å². The zero-order chi connectivity index (χ0) is 13.8. The molecule has 0 N–H and O–H groups in total. The van der Waals surface area contributed by atoms with Crippen LogP contribution in [0.5, 0.6) is 5.75 Å². The number of benzene rings is 2. The molecule has 1 unspecified atom stereocenters. The van der Waals surface area contributed by atoms with E-state index in [9.17, 15) is 4.39 Å². The van der Waals surface area contributed by atoms with E-state index in [0.717, 1.165) is 16.9 Å². The summed E-state index contributed by atoms with van der Waals surface area (Å²) in [6.07, 6.45) is 0.612. The molecule has 2 aromatic carbocycles. The Balaban J connectivity index is 2.20. The number of halogens is 3. The average Bonchev–Trinajstić information content (AvgIpc) is 2.42. The average molecular weight is 344 g/mol. The minimum atomic E-state index is -0.297. The number of ether oxygens (including phenoxy) is 1. The zero-order valence-corrected chi connectivity index (χ0v) is 12.7. The summed E-state index contributed by atoms with van der Waals surface area (Å²) >= 11 is 9.61. The first-order valence-electron chi connectivity index (χ1n) is 5.82. The lowest BCUT2D eigenvalue weighted by Gasteiger charge is -2.13. The summed E-state index contributed by atoms with van der Waals surface area (Å²) in [5, 5.41) is -0.294. The Bertz CT molecular complexity index is 574. The van der Waals surface area contributed by atoms with Gasteiger partial charge in [0.15, 0.2) is 0 Å². The van der Waals surface area contributed by atoms with Crippen molar-refractivity contribution in [2.75, 3.05) is 7.11 Å². The van der Waals surface area contributed by atoms with Gasteiger partial charge in [0, 0.05) is 0 Å². The van der Waals surface area contributed by atoms with E-state index < -0.39 is 0 Å². The molecule has 1 atom stereocenters. The topological polar surface area (TPSA) is 9.23 Å². The molecule has 4 heteroatoms. The van der Waals surface area contributed by atoms with E-state index in [1.54, 1.807) is 13.2 Å². The third-order valence-corrected chi connectivity index (χ3v) is 4.09. The van der Waals surface area contributed by atoms with Crippen molar-refractivity contribution < 1.29 is 9.13 Å². The summed E-state index contributed by atoms with van der Waals surface area (Å²) in [6, 6.07) is 12.6. The van der Waals surface area contributed by atoms with E-state index in [0.29, 0.717) is 10.9 Å². The van der Waals surface area contributed by atoms with Gasteiger partial charge < -0.3 is 4.74 Å². The van der Waals surface area contributed by atoms with Gasteiger partial charge in [-0.3, -0.25) is 0 Å². The first kappa shape index (κ1) is 14.4. The molecule has 0 radical (unpaired) electrons. The summed E-state index contributed by atoms with van der Waals surface area (Å²) in [6.45, 7) is 0. The van der Waals surface area contributed by atoms with Gasteiger partial charge in [-0.25, -0.2) is 4.39 Å². The van der Waals surface area contributed by atoms with Gasteiger partial charge in [-0.2, -0.15) is 0 Å². The molecule has 0 fully saturated rings. The summed E-state index contributed by atoms with van der Waals surface area (Å²) < 4.78 is 19.1. The SMILES string of the molecule is COc1cccc(CC(Cl)c2cccc(F)c2Br)c1. The van der Waals surface area contributed by atoms with E-state index in [4.69, 9.17) is 16.3 Å². The molecule has 2 aromatic rings. The highest BCUT2D eigenvalue weighted by Crippen LogP contribution is 2.33. The van der Waals surface area contributed by atoms with Crippen LogP contribution in [0.1, 0.15) is 16.5 Å². The fourth-order valence-electron chi connectivity index (χ4n) is 1.88. The fraction of sp³-hybridized carbons (Fsp3) is 0.200. The van der Waals surface area contributed by atoms with Crippen molar-refractivity contribution in [1.82, 2.24) is 0 Å². The second-order valence-corrected chi connectivity index (χ2v) is 5.49. The van der Waals surface area contributed by atoms with E-state index in [2.05, 4.69) is 15.9 Å². The Kier molecular flexibility index (Phi) is 4.83. The predicted molar refractivity (Wildman–Crippen MR) is 79.4 cm³/mol. The van der Waals surface area contributed by atoms with Gasteiger partial charge in [0.2, 0.25) is 0 Å². The highest BCUT2D eigenvalue weighted by molar-refractivity contribution is 9.10. The predicted octanol–water partition coefficient (Wildman–Crippen LogP) is 5.12. The van der Waals surface area contributed by atoms with E-state index in [1.807, 2.05) is 30.3 Å². The zero-order valence-electron chi connectivity index (χ0n) is 10.4. The standard InChI is InChI=1S/C15H13BrClFO/c1-19-11-5-2-4-10(8-11)9-13(17)12-6-3-7-14(18)15(12)16/h2-8,13H,9H2,1H3. The Morgan fingerprint density at radius 3 is 2.74 bits per heavy atom. The van der Waals surface area contributed by atoms with Crippen LogP contribution in [0.25, 0.3) is 0 Å². The molecular weight excluding hydrogens is 331 g/mol. The lowest BCUT2D eigenvalue weighted by Crippen LogP contribution is -1.98. The molecule has 0 saturated carbocycles. The minimum Gasteiger partial charge on any atom is -0.497 e. The third kappa shape index (κ3) is 3.48. The Hall–Kier alpha value is -1.06. The largest absolute Gasteiger partial charge is 0.497 e. The lowest BCUT2D eigenvalue weighted by molar-refractivity contribution is 0.414. The smallest absolute Gasteiger partial charge is 0.137 e. The molecule has 0 spiro atoms. The number of hydrogen-bond acceptors (Lipinski definition) is 1. The molecular formula is C15H13BrClFO. The van der Waals surface area contributed by atoms with Crippen molar-refractivity contribution in [1.29, 1.82) is 0 Å². The normalized spacial score (nSPS) is 12.2. The molecule has 0 aliphatic rings. The second kappa shape index (κ2) is 6.40. The van der Waals surface area contributed by atoms with Crippen molar-refractivity contribution in [2.45, 2.75) is 11.8 Å². The maximum Gasteiger partial charge on any atom is 0.137 e. The van der Waals surface area contributed by atoms with Crippen LogP contribution in [-0.2, 0) is 6.42 Å². The molecule has 0 aliphatic heterocycles. The van der Waals surface area contributed by atoms with Crippen LogP contribution >= 0.6 is 27.5 Å². The highest BCUT2D eigenvalue weighted by Gasteiger charge is 2.15. The third-order valence-electron chi connectivity index (χ3n) is 2.87. The van der Waals surface area contributed by atoms with Crippen LogP contribution in [0.3, 0.4) is 0 Å². The van der Waals surface area contributed by atoms with Gasteiger partial charge in [-0.15, -0.1) is 11.6 Å². The van der Waals surface area contributed by atoms with Crippen molar-refractivity contribution in [3.05, 3.63) is 63.9 Å². The molecule has 100 valence electrons. The van der Waals surface area contributed by atoms with Crippen LogP contribution in [0, 0.1) is 5.82 Å². The molecule has 0 saturated heterocycles. The molecule has 0 amide bonds. The first-order valence-corrected chi connectivity index (χ1v) is 7.05. The van der Waals surface area contributed by atoms with Crippen LogP contribution in [0.2, 0.25) is 0 Å². The summed E-state index contributed by atoms with van der Waals surface area (Å²) in [4.78, 5) is 0. The molecule has 0 bridgehead atoms. The van der Waals surface area contributed by atoms with E-state index >= 15 is 0 Å². The maximum absolute atomic E-state index is 13.5. The van der Waals surface area contributed by atoms with Crippen molar-refractivity contribution >= 4 is 27.5 Å². The highest BCUT2D eigenvalue weighted by atomic mass is 79.9. The first-order chi connectivity index (χ1) is 9.11. The molecule has 0 aliphatic carbocycles. The van der Waals surface area contributed by atoms with E-state index in [-0.39, 0.29) is 11.2 Å². The fourth-order valence-corrected chi connectivity index (χ4v) is 2.91. The lowest BCUT2D eigenvalue weighted by atomic mass is 10.0. The Morgan fingerprint density at radius 1 is 1.26 bits per heavy atom. The Morgan fingerprint density at radius 2 is 2.00 bits per heavy atom. The van der Waals surface area contributed by atoms with Gasteiger partial charge >= 0.3 is 0 Å². The number of rotatable bonds is 4. The van der Waals surface area contributed by atoms with Gasteiger partial charge in [-0.05, 0) is 51.7 Å². The van der Waals surface area contributed by atoms with Crippen LogP contribution < -0.4 is 4.74 Å². The Labute approximate surface area is 125 Å². The van der Waals surface area contributed by atoms with Crippen LogP contribution in [0.15, 0.2) is 46.9 Å². The summed E-state index contributed by atoms with van der Waals surface area (Å²) in [5.41, 5.74) is 1.81.